The second-order valence-corrected chi connectivity index (χ2v) is 7.60. The zero-order valence-corrected chi connectivity index (χ0v) is 13.6. The molecule has 1 spiro atoms. The van der Waals surface area contributed by atoms with Crippen molar-refractivity contribution in [1.82, 2.24) is 15.2 Å². The predicted molar refractivity (Wildman–Crippen MR) is 85.2 cm³/mol. The maximum Gasteiger partial charge on any atom is 0.0794 e. The molecule has 2 heterocycles. The van der Waals surface area contributed by atoms with Crippen LogP contribution in [0.5, 0.6) is 0 Å². The van der Waals surface area contributed by atoms with Crippen LogP contribution in [0, 0.1) is 5.92 Å². The molecule has 112 valence electrons. The van der Waals surface area contributed by atoms with Crippen LogP contribution in [0.3, 0.4) is 0 Å². The summed E-state index contributed by atoms with van der Waals surface area (Å²) in [5, 5.41) is 6.09. The maximum atomic E-state index is 4.44. The van der Waals surface area contributed by atoms with Crippen LogP contribution in [0.15, 0.2) is 10.9 Å². The molecule has 1 atom stereocenters. The predicted octanol–water partition coefficient (Wildman–Crippen LogP) is 2.93. The number of piperazine rings is 1. The van der Waals surface area contributed by atoms with E-state index in [1.165, 1.54) is 37.9 Å². The summed E-state index contributed by atoms with van der Waals surface area (Å²) in [6.07, 6.45) is 6.64. The van der Waals surface area contributed by atoms with E-state index in [-0.39, 0.29) is 0 Å². The highest BCUT2D eigenvalue weighted by atomic mass is 32.1. The standard InChI is InChI=1S/C16H27N3S/c1-13(2)15-9-18-16(6-3-4-7-16)11-19(15)8-5-14-10-20-12-17-14/h10,12-13,15,18H,3-9,11H2,1-2H3. The highest BCUT2D eigenvalue weighted by molar-refractivity contribution is 7.07. The first kappa shape index (κ1) is 14.5. The van der Waals surface area contributed by atoms with Gasteiger partial charge in [-0.15, -0.1) is 11.3 Å². The first-order chi connectivity index (χ1) is 9.69. The van der Waals surface area contributed by atoms with E-state index in [1.54, 1.807) is 11.3 Å². The van der Waals surface area contributed by atoms with Gasteiger partial charge in [0.2, 0.25) is 0 Å². The molecule has 1 aliphatic carbocycles. The lowest BCUT2D eigenvalue weighted by molar-refractivity contribution is 0.0579. The Balaban J connectivity index is 1.65. The zero-order chi connectivity index (χ0) is 14.0. The zero-order valence-electron chi connectivity index (χ0n) is 12.8. The molecule has 3 rings (SSSR count). The van der Waals surface area contributed by atoms with Gasteiger partial charge in [0.05, 0.1) is 11.2 Å². The lowest BCUT2D eigenvalue weighted by atomic mass is 9.89. The minimum absolute atomic E-state index is 0.424. The number of nitrogens with zero attached hydrogens (tertiary/aromatic N) is 2. The summed E-state index contributed by atoms with van der Waals surface area (Å²) in [6, 6.07) is 0.680. The average molecular weight is 293 g/mol. The Morgan fingerprint density at radius 2 is 2.25 bits per heavy atom. The highest BCUT2D eigenvalue weighted by Crippen LogP contribution is 2.34. The highest BCUT2D eigenvalue weighted by Gasteiger charge is 2.41. The quantitative estimate of drug-likeness (QED) is 0.925. The van der Waals surface area contributed by atoms with Crippen molar-refractivity contribution in [2.24, 2.45) is 5.92 Å². The summed E-state index contributed by atoms with van der Waals surface area (Å²) < 4.78 is 0. The van der Waals surface area contributed by atoms with Crippen molar-refractivity contribution in [2.45, 2.75) is 57.5 Å². The molecule has 0 radical (unpaired) electrons. The number of hydrogen-bond donors (Lipinski definition) is 1. The molecule has 20 heavy (non-hydrogen) atoms. The largest absolute Gasteiger partial charge is 0.308 e. The van der Waals surface area contributed by atoms with Gasteiger partial charge in [-0.1, -0.05) is 26.7 Å². The van der Waals surface area contributed by atoms with Gasteiger partial charge in [0.1, 0.15) is 0 Å². The summed E-state index contributed by atoms with van der Waals surface area (Å²) in [4.78, 5) is 7.18. The van der Waals surface area contributed by atoms with Gasteiger partial charge >= 0.3 is 0 Å². The number of hydrogen-bond acceptors (Lipinski definition) is 4. The van der Waals surface area contributed by atoms with Gasteiger partial charge in [0, 0.05) is 43.0 Å². The first-order valence-electron chi connectivity index (χ1n) is 8.05. The van der Waals surface area contributed by atoms with Crippen molar-refractivity contribution < 1.29 is 0 Å². The lowest BCUT2D eigenvalue weighted by Gasteiger charge is -2.48. The van der Waals surface area contributed by atoms with Crippen molar-refractivity contribution >= 4 is 11.3 Å². The lowest BCUT2D eigenvalue weighted by Crippen LogP contribution is -2.64. The van der Waals surface area contributed by atoms with Crippen LogP contribution in [0.2, 0.25) is 0 Å². The van der Waals surface area contributed by atoms with Crippen molar-refractivity contribution in [3.8, 4) is 0 Å². The Morgan fingerprint density at radius 3 is 2.90 bits per heavy atom. The number of nitrogens with one attached hydrogen (secondary N) is 1. The second kappa shape index (κ2) is 6.12. The fourth-order valence-corrected chi connectivity index (χ4v) is 4.51. The third-order valence-electron chi connectivity index (χ3n) is 5.13. The molecule has 1 unspecified atom stereocenters. The third kappa shape index (κ3) is 3.07. The Kier molecular flexibility index (Phi) is 4.43. The van der Waals surface area contributed by atoms with Crippen molar-refractivity contribution in [2.75, 3.05) is 19.6 Å². The summed E-state index contributed by atoms with van der Waals surface area (Å²) in [5.41, 5.74) is 3.63. The van der Waals surface area contributed by atoms with Gasteiger partial charge in [-0.3, -0.25) is 4.90 Å². The Labute approximate surface area is 126 Å². The molecule has 3 nitrogen and oxygen atoms in total. The van der Waals surface area contributed by atoms with Crippen molar-refractivity contribution in [3.05, 3.63) is 16.6 Å². The molecular formula is C16H27N3S. The molecule has 1 aromatic rings. The summed E-state index contributed by atoms with van der Waals surface area (Å²) in [5.74, 6) is 0.719. The molecule has 0 aromatic carbocycles. The van der Waals surface area contributed by atoms with E-state index in [1.807, 2.05) is 5.51 Å². The maximum absolute atomic E-state index is 4.44. The molecule has 1 saturated carbocycles. The van der Waals surface area contributed by atoms with Gasteiger partial charge in [0.15, 0.2) is 0 Å². The normalized spacial score (nSPS) is 26.6. The van der Waals surface area contributed by atoms with Crippen LogP contribution in [0.25, 0.3) is 0 Å². The summed E-state index contributed by atoms with van der Waals surface area (Å²) in [6.45, 7) is 8.27. The molecule has 0 amide bonds. The third-order valence-corrected chi connectivity index (χ3v) is 5.77. The van der Waals surface area contributed by atoms with Crippen LogP contribution in [-0.4, -0.2) is 41.1 Å². The molecule has 0 bridgehead atoms. The molecule has 1 saturated heterocycles. The van der Waals surface area contributed by atoms with E-state index in [9.17, 15) is 0 Å². The van der Waals surface area contributed by atoms with Crippen LogP contribution in [0.4, 0.5) is 0 Å². The van der Waals surface area contributed by atoms with Crippen LogP contribution < -0.4 is 5.32 Å². The van der Waals surface area contributed by atoms with Crippen molar-refractivity contribution in [3.63, 3.8) is 0 Å². The van der Waals surface area contributed by atoms with Gasteiger partial charge in [0.25, 0.3) is 0 Å². The van der Waals surface area contributed by atoms with E-state index in [2.05, 4.69) is 34.4 Å². The van der Waals surface area contributed by atoms with Gasteiger partial charge < -0.3 is 5.32 Å². The number of aromatic nitrogens is 1. The van der Waals surface area contributed by atoms with Crippen LogP contribution >= 0.6 is 11.3 Å². The Morgan fingerprint density at radius 1 is 1.45 bits per heavy atom. The van der Waals surface area contributed by atoms with E-state index in [0.29, 0.717) is 11.6 Å². The molecule has 1 aromatic heterocycles. The van der Waals surface area contributed by atoms with E-state index < -0.39 is 0 Å². The molecule has 1 aliphatic heterocycles. The van der Waals surface area contributed by atoms with Gasteiger partial charge in [-0.05, 0) is 18.8 Å². The molecule has 2 fully saturated rings. The Bertz CT molecular complexity index is 409. The SMILES string of the molecule is CC(C)C1CNC2(CCCC2)CN1CCc1cscn1. The topological polar surface area (TPSA) is 28.2 Å². The minimum Gasteiger partial charge on any atom is -0.308 e. The van der Waals surface area contributed by atoms with E-state index in [0.717, 1.165) is 25.4 Å². The number of rotatable bonds is 4. The second-order valence-electron chi connectivity index (χ2n) is 6.88. The van der Waals surface area contributed by atoms with Crippen LogP contribution in [-0.2, 0) is 6.42 Å². The smallest absolute Gasteiger partial charge is 0.0794 e. The van der Waals surface area contributed by atoms with E-state index >= 15 is 0 Å². The fraction of sp³-hybridized carbons (Fsp3) is 0.812. The molecular weight excluding hydrogens is 266 g/mol. The summed E-state index contributed by atoms with van der Waals surface area (Å²) in [7, 11) is 0. The van der Waals surface area contributed by atoms with Gasteiger partial charge in [-0.2, -0.15) is 0 Å². The first-order valence-corrected chi connectivity index (χ1v) is 8.99. The molecule has 4 heteroatoms. The monoisotopic (exact) mass is 293 g/mol. The minimum atomic E-state index is 0.424. The Hall–Kier alpha value is -0.450. The van der Waals surface area contributed by atoms with E-state index in [4.69, 9.17) is 0 Å². The summed E-state index contributed by atoms with van der Waals surface area (Å²) >= 11 is 1.71. The van der Waals surface area contributed by atoms with Gasteiger partial charge in [-0.25, -0.2) is 4.98 Å². The molecule has 2 aliphatic rings. The number of thiazole rings is 1. The van der Waals surface area contributed by atoms with Crippen molar-refractivity contribution in [1.29, 1.82) is 0 Å². The fourth-order valence-electron chi connectivity index (χ4n) is 3.92. The molecule has 1 N–H and O–H groups in total. The average Bonchev–Trinajstić information content (AvgIpc) is 3.08. The van der Waals surface area contributed by atoms with Crippen LogP contribution in [0.1, 0.15) is 45.2 Å².